The molecule has 3 aromatic carbocycles. The second-order valence-electron chi connectivity index (χ2n) is 7.93. The van der Waals surface area contributed by atoms with Crippen molar-refractivity contribution in [3.05, 3.63) is 102 Å². The first-order valence-corrected chi connectivity index (χ1v) is 11.2. The van der Waals surface area contributed by atoms with Gasteiger partial charge >= 0.3 is 5.91 Å². The first kappa shape index (κ1) is 23.2. The molecule has 3 aromatic rings. The van der Waals surface area contributed by atoms with Crippen LogP contribution in [-0.4, -0.2) is 31.4 Å². The van der Waals surface area contributed by atoms with Gasteiger partial charge in [-0.1, -0.05) is 72.8 Å². The van der Waals surface area contributed by atoms with Crippen molar-refractivity contribution < 1.29 is 14.5 Å². The Kier molecular flexibility index (Phi) is 8.17. The minimum Gasteiger partial charge on any atom is -0.328 e. The second kappa shape index (κ2) is 11.3. The Morgan fingerprint density at radius 1 is 0.844 bits per heavy atom. The highest BCUT2D eigenvalue weighted by atomic mass is 16.2. The van der Waals surface area contributed by atoms with E-state index in [4.69, 9.17) is 0 Å². The maximum absolute atomic E-state index is 13.6. The first-order valence-electron chi connectivity index (χ1n) is 11.2. The molecule has 0 spiro atoms. The van der Waals surface area contributed by atoms with Crippen LogP contribution in [0.15, 0.2) is 84.9 Å². The zero-order chi connectivity index (χ0) is 22.9. The van der Waals surface area contributed by atoms with E-state index in [-0.39, 0.29) is 11.8 Å². The van der Waals surface area contributed by atoms with Gasteiger partial charge in [0, 0.05) is 0 Å². The maximum atomic E-state index is 13.6. The average molecular weight is 431 g/mol. The van der Waals surface area contributed by atoms with E-state index in [1.54, 1.807) is 0 Å². The number of rotatable bonds is 8. The van der Waals surface area contributed by atoms with Crippen molar-refractivity contribution in [1.29, 1.82) is 0 Å². The summed E-state index contributed by atoms with van der Waals surface area (Å²) in [4.78, 5) is 28.1. The van der Waals surface area contributed by atoms with Crippen LogP contribution in [0.2, 0.25) is 0 Å². The number of nitrogens with zero attached hydrogens (tertiary/aromatic N) is 1. The summed E-state index contributed by atoms with van der Waals surface area (Å²) >= 11 is 0. The quantitative estimate of drug-likeness (QED) is 0.540. The van der Waals surface area contributed by atoms with Crippen LogP contribution in [0.3, 0.4) is 0 Å². The molecular formula is C27H32N3O2+. The van der Waals surface area contributed by atoms with Gasteiger partial charge in [-0.15, -0.1) is 0 Å². The predicted octanol–water partition coefficient (Wildman–Crippen LogP) is 3.12. The largest absolute Gasteiger partial charge is 0.328 e. The molecule has 166 valence electrons. The third-order valence-corrected chi connectivity index (χ3v) is 5.66. The topological polar surface area (TPSA) is 53.9 Å². The Morgan fingerprint density at radius 3 is 1.91 bits per heavy atom. The van der Waals surface area contributed by atoms with Crippen molar-refractivity contribution in [3.63, 3.8) is 0 Å². The number of hydrogen-bond donors (Lipinski definition) is 2. The summed E-state index contributed by atoms with van der Waals surface area (Å²) in [5.74, 6) is -0.910. The zero-order valence-electron chi connectivity index (χ0n) is 19.0. The zero-order valence-corrected chi connectivity index (χ0v) is 19.0. The molecule has 0 aromatic heterocycles. The monoisotopic (exact) mass is 430 g/mol. The number of hydrazine groups is 1. The van der Waals surface area contributed by atoms with Gasteiger partial charge in [0.05, 0.1) is 24.7 Å². The summed E-state index contributed by atoms with van der Waals surface area (Å²) in [6, 6.07) is 26.9. The van der Waals surface area contributed by atoms with Gasteiger partial charge in [0.25, 0.3) is 5.91 Å². The molecule has 0 fully saturated rings. The molecule has 3 rings (SSSR count). The molecular weight excluding hydrogens is 398 g/mol. The van der Waals surface area contributed by atoms with Crippen LogP contribution < -0.4 is 15.3 Å². The number of carbonyl (C=O) groups excluding carboxylic acids is 2. The molecule has 5 nitrogen and oxygen atoms in total. The summed E-state index contributed by atoms with van der Waals surface area (Å²) < 4.78 is 0. The first-order chi connectivity index (χ1) is 15.5. The van der Waals surface area contributed by atoms with Crippen molar-refractivity contribution in [3.8, 4) is 0 Å². The fraction of sp³-hybridized carbons (Fsp3) is 0.259. The minimum absolute atomic E-state index is 0.137. The van der Waals surface area contributed by atoms with Crippen LogP contribution in [0.25, 0.3) is 0 Å². The molecule has 32 heavy (non-hydrogen) atoms. The predicted molar refractivity (Wildman–Crippen MR) is 128 cm³/mol. The lowest BCUT2D eigenvalue weighted by molar-refractivity contribution is -0.888. The summed E-state index contributed by atoms with van der Waals surface area (Å²) in [6.07, 6.45) is 0. The van der Waals surface area contributed by atoms with Crippen molar-refractivity contribution in [2.75, 3.05) is 24.6 Å². The molecule has 0 heterocycles. The number of aryl methyl sites for hydroxylation is 1. The number of benzene rings is 3. The fourth-order valence-electron chi connectivity index (χ4n) is 3.79. The highest BCUT2D eigenvalue weighted by Crippen LogP contribution is 2.25. The van der Waals surface area contributed by atoms with E-state index in [1.807, 2.05) is 91.9 Å². The molecule has 0 radical (unpaired) electrons. The van der Waals surface area contributed by atoms with Crippen molar-refractivity contribution >= 4 is 17.5 Å². The van der Waals surface area contributed by atoms with Crippen molar-refractivity contribution in [1.82, 2.24) is 5.43 Å². The number of quaternary nitrogens is 1. The number of anilines is 1. The SMILES string of the molecule is CC[NH+](CC)CC(=O)N(NC(=O)C(c1ccccc1)c1ccccc1)c1cccc(C)c1. The van der Waals surface area contributed by atoms with Crippen LogP contribution >= 0.6 is 0 Å². The molecule has 0 atom stereocenters. The number of hydrogen-bond acceptors (Lipinski definition) is 2. The number of likely N-dealkylation sites (N-methyl/N-ethyl adjacent to an activating group) is 1. The Labute approximate surface area is 190 Å². The lowest BCUT2D eigenvalue weighted by Crippen LogP contribution is -3.12. The van der Waals surface area contributed by atoms with Gasteiger partial charge < -0.3 is 4.90 Å². The molecule has 0 aliphatic heterocycles. The van der Waals surface area contributed by atoms with Gasteiger partial charge in [0.15, 0.2) is 6.54 Å². The van der Waals surface area contributed by atoms with Gasteiger partial charge in [0.2, 0.25) is 0 Å². The average Bonchev–Trinajstić information content (AvgIpc) is 2.82. The fourth-order valence-corrected chi connectivity index (χ4v) is 3.79. The van der Waals surface area contributed by atoms with Gasteiger partial charge in [-0.05, 0) is 49.6 Å². The second-order valence-corrected chi connectivity index (χ2v) is 7.93. The van der Waals surface area contributed by atoms with Crippen LogP contribution in [-0.2, 0) is 9.59 Å². The van der Waals surface area contributed by atoms with E-state index in [1.165, 1.54) is 5.01 Å². The third-order valence-electron chi connectivity index (χ3n) is 5.66. The molecule has 2 N–H and O–H groups in total. The standard InChI is InChI=1S/C27H31N3O2/c1-4-29(5-2)20-25(31)30(24-18-12-13-21(3)19-24)28-27(32)26(22-14-8-6-9-15-22)23-16-10-7-11-17-23/h6-19,26H,4-5,20H2,1-3H3,(H,28,32)/p+1. The van der Waals surface area contributed by atoms with Gasteiger partial charge in [0.1, 0.15) is 0 Å². The Bertz CT molecular complexity index is 978. The Hall–Kier alpha value is -3.44. The van der Waals surface area contributed by atoms with E-state index in [0.29, 0.717) is 12.2 Å². The number of nitrogens with one attached hydrogen (secondary N) is 2. The van der Waals surface area contributed by atoms with Gasteiger partial charge in [-0.25, -0.2) is 5.01 Å². The lowest BCUT2D eigenvalue weighted by Gasteiger charge is -2.28. The Balaban J connectivity index is 1.95. The molecule has 2 amide bonds. The lowest BCUT2D eigenvalue weighted by atomic mass is 9.91. The summed E-state index contributed by atoms with van der Waals surface area (Å²) in [7, 11) is 0. The van der Waals surface area contributed by atoms with E-state index in [9.17, 15) is 9.59 Å². The molecule has 0 saturated carbocycles. The number of amides is 2. The molecule has 0 bridgehead atoms. The Morgan fingerprint density at radius 2 is 1.41 bits per heavy atom. The highest BCUT2D eigenvalue weighted by molar-refractivity contribution is 5.99. The van der Waals surface area contributed by atoms with Gasteiger partial charge in [-0.3, -0.25) is 15.0 Å². The summed E-state index contributed by atoms with van der Waals surface area (Å²) in [6.45, 7) is 8.08. The summed E-state index contributed by atoms with van der Waals surface area (Å²) in [5.41, 5.74) is 6.38. The normalized spacial score (nSPS) is 10.9. The van der Waals surface area contributed by atoms with E-state index in [2.05, 4.69) is 19.3 Å². The van der Waals surface area contributed by atoms with Crippen LogP contribution in [0, 0.1) is 6.92 Å². The highest BCUT2D eigenvalue weighted by Gasteiger charge is 2.28. The van der Waals surface area contributed by atoms with Crippen molar-refractivity contribution in [2.24, 2.45) is 0 Å². The van der Waals surface area contributed by atoms with Crippen LogP contribution in [0.1, 0.15) is 36.5 Å². The number of carbonyl (C=O) groups is 2. The minimum atomic E-state index is -0.529. The summed E-state index contributed by atoms with van der Waals surface area (Å²) in [5, 5.41) is 1.42. The maximum Gasteiger partial charge on any atom is 0.300 e. The molecule has 0 unspecified atom stereocenters. The van der Waals surface area contributed by atoms with Crippen LogP contribution in [0.4, 0.5) is 5.69 Å². The smallest absolute Gasteiger partial charge is 0.300 e. The van der Waals surface area contributed by atoms with Crippen molar-refractivity contribution in [2.45, 2.75) is 26.7 Å². The molecule has 0 aliphatic carbocycles. The molecule has 0 saturated heterocycles. The third kappa shape index (κ3) is 5.83. The molecule has 0 aliphatic rings. The van der Waals surface area contributed by atoms with E-state index < -0.39 is 5.92 Å². The van der Waals surface area contributed by atoms with Gasteiger partial charge in [-0.2, -0.15) is 0 Å². The van der Waals surface area contributed by atoms with Crippen LogP contribution in [0.5, 0.6) is 0 Å². The van der Waals surface area contributed by atoms with E-state index in [0.717, 1.165) is 34.7 Å². The molecule has 5 heteroatoms. The van der Waals surface area contributed by atoms with E-state index >= 15 is 0 Å².